The number of aryl methyl sites for hydroxylation is 1. The third-order valence-electron chi connectivity index (χ3n) is 3.76. The smallest absolute Gasteiger partial charge is 0.189 e. The van der Waals surface area contributed by atoms with Crippen molar-refractivity contribution >= 4 is 10.9 Å². The van der Waals surface area contributed by atoms with E-state index in [4.69, 9.17) is 0 Å². The highest BCUT2D eigenvalue weighted by Gasteiger charge is 2.07. The first-order valence-electron chi connectivity index (χ1n) is 7.45. The Morgan fingerprint density at radius 3 is 2.57 bits per heavy atom. The van der Waals surface area contributed by atoms with E-state index in [1.807, 2.05) is 30.3 Å². The topological polar surface area (TPSA) is 32.9 Å². The van der Waals surface area contributed by atoms with E-state index in [1.54, 1.807) is 6.07 Å². The number of para-hydroxylation sites is 1. The minimum atomic E-state index is 0.113. The number of hydrogen-bond acceptors (Lipinski definition) is 1. The van der Waals surface area contributed by atoms with Crippen LogP contribution in [0.4, 0.5) is 0 Å². The standard InChI is InChI=1S/C19H19NO/c1-2-7-16-13-18(21)17-11-6-10-15(19(17)20-16)12-14-8-4-3-5-9-14/h3-6,8-11,13H,2,7,12H2,1H3,(H,20,21). The maximum Gasteiger partial charge on any atom is 0.189 e. The summed E-state index contributed by atoms with van der Waals surface area (Å²) in [4.78, 5) is 15.7. The highest BCUT2D eigenvalue weighted by molar-refractivity contribution is 5.82. The Bertz CT molecular complexity index is 803. The van der Waals surface area contributed by atoms with Crippen molar-refractivity contribution in [2.45, 2.75) is 26.2 Å². The SMILES string of the molecule is CCCc1cc(=O)c2cccc(Cc3ccccc3)c2[nH]1. The molecule has 1 aromatic heterocycles. The van der Waals surface area contributed by atoms with Crippen molar-refractivity contribution in [3.63, 3.8) is 0 Å². The molecular formula is C19H19NO. The zero-order valence-electron chi connectivity index (χ0n) is 12.2. The maximum absolute atomic E-state index is 12.3. The molecular weight excluding hydrogens is 258 g/mol. The lowest BCUT2D eigenvalue weighted by atomic mass is 10.0. The molecule has 0 radical (unpaired) electrons. The Morgan fingerprint density at radius 2 is 1.81 bits per heavy atom. The number of aromatic amines is 1. The lowest BCUT2D eigenvalue weighted by Gasteiger charge is -2.09. The number of pyridine rings is 1. The first kappa shape index (κ1) is 13.6. The largest absolute Gasteiger partial charge is 0.358 e. The Morgan fingerprint density at radius 1 is 1.00 bits per heavy atom. The second-order valence-corrected chi connectivity index (χ2v) is 5.41. The van der Waals surface area contributed by atoms with Crippen LogP contribution in [-0.2, 0) is 12.8 Å². The van der Waals surface area contributed by atoms with Crippen LogP contribution in [0.3, 0.4) is 0 Å². The summed E-state index contributed by atoms with van der Waals surface area (Å²) < 4.78 is 0. The van der Waals surface area contributed by atoms with Gasteiger partial charge in [0.05, 0.1) is 5.52 Å². The number of H-pyrrole nitrogens is 1. The molecule has 0 bridgehead atoms. The van der Waals surface area contributed by atoms with Gasteiger partial charge in [-0.15, -0.1) is 0 Å². The summed E-state index contributed by atoms with van der Waals surface area (Å²) in [6.45, 7) is 2.12. The molecule has 106 valence electrons. The fraction of sp³-hybridized carbons (Fsp3) is 0.211. The fourth-order valence-corrected chi connectivity index (χ4v) is 2.75. The Hall–Kier alpha value is -2.35. The molecule has 0 spiro atoms. The van der Waals surface area contributed by atoms with Gasteiger partial charge in [-0.3, -0.25) is 4.79 Å². The molecule has 21 heavy (non-hydrogen) atoms. The van der Waals surface area contributed by atoms with Crippen molar-refractivity contribution < 1.29 is 0 Å². The van der Waals surface area contributed by atoms with Crippen LogP contribution in [0.15, 0.2) is 59.4 Å². The summed E-state index contributed by atoms with van der Waals surface area (Å²) in [5.74, 6) is 0. The monoisotopic (exact) mass is 277 g/mol. The summed E-state index contributed by atoms with van der Waals surface area (Å²) in [5.41, 5.74) is 4.55. The zero-order chi connectivity index (χ0) is 14.7. The average molecular weight is 277 g/mol. The lowest BCUT2D eigenvalue weighted by Crippen LogP contribution is -2.07. The number of aromatic nitrogens is 1. The summed E-state index contributed by atoms with van der Waals surface area (Å²) in [6.07, 6.45) is 2.77. The summed E-state index contributed by atoms with van der Waals surface area (Å²) >= 11 is 0. The van der Waals surface area contributed by atoms with Crippen LogP contribution < -0.4 is 5.43 Å². The Kier molecular flexibility index (Phi) is 3.87. The first-order chi connectivity index (χ1) is 10.3. The van der Waals surface area contributed by atoms with Crippen molar-refractivity contribution in [2.24, 2.45) is 0 Å². The van der Waals surface area contributed by atoms with Crippen molar-refractivity contribution in [1.29, 1.82) is 0 Å². The van der Waals surface area contributed by atoms with E-state index < -0.39 is 0 Å². The van der Waals surface area contributed by atoms with Gasteiger partial charge in [-0.25, -0.2) is 0 Å². The molecule has 0 amide bonds. The quantitative estimate of drug-likeness (QED) is 0.766. The van der Waals surface area contributed by atoms with Crippen molar-refractivity contribution in [2.75, 3.05) is 0 Å². The summed E-state index contributed by atoms with van der Waals surface area (Å²) in [5, 5.41) is 0.781. The van der Waals surface area contributed by atoms with E-state index in [0.717, 1.165) is 35.9 Å². The third kappa shape index (κ3) is 2.89. The number of benzene rings is 2. The highest BCUT2D eigenvalue weighted by Crippen LogP contribution is 2.18. The maximum atomic E-state index is 12.3. The predicted octanol–water partition coefficient (Wildman–Crippen LogP) is 4.07. The molecule has 0 unspecified atom stereocenters. The molecule has 0 aliphatic heterocycles. The van der Waals surface area contributed by atoms with Gasteiger partial charge in [-0.2, -0.15) is 0 Å². The molecule has 1 N–H and O–H groups in total. The van der Waals surface area contributed by atoms with E-state index in [9.17, 15) is 4.79 Å². The molecule has 0 atom stereocenters. The van der Waals surface area contributed by atoms with Crippen LogP contribution >= 0.6 is 0 Å². The van der Waals surface area contributed by atoms with Gasteiger partial charge in [0.25, 0.3) is 0 Å². The van der Waals surface area contributed by atoms with Gasteiger partial charge in [0.2, 0.25) is 0 Å². The molecule has 2 nitrogen and oxygen atoms in total. The average Bonchev–Trinajstić information content (AvgIpc) is 2.50. The molecule has 3 rings (SSSR count). The van der Waals surface area contributed by atoms with Crippen LogP contribution in [0, 0.1) is 0 Å². The zero-order valence-corrected chi connectivity index (χ0v) is 12.2. The van der Waals surface area contributed by atoms with Gasteiger partial charge in [-0.05, 0) is 30.0 Å². The molecule has 2 heteroatoms. The van der Waals surface area contributed by atoms with E-state index >= 15 is 0 Å². The van der Waals surface area contributed by atoms with Gasteiger partial charge in [-0.1, -0.05) is 55.8 Å². The second kappa shape index (κ2) is 5.96. The normalized spacial score (nSPS) is 10.9. The second-order valence-electron chi connectivity index (χ2n) is 5.41. The molecule has 0 saturated heterocycles. The van der Waals surface area contributed by atoms with Crippen LogP contribution in [0.2, 0.25) is 0 Å². The number of rotatable bonds is 4. The van der Waals surface area contributed by atoms with Crippen LogP contribution in [0.5, 0.6) is 0 Å². The molecule has 0 fully saturated rings. The minimum Gasteiger partial charge on any atom is -0.358 e. The van der Waals surface area contributed by atoms with Crippen molar-refractivity contribution in [3.8, 4) is 0 Å². The Balaban J connectivity index is 2.12. The van der Waals surface area contributed by atoms with Gasteiger partial charge in [0.15, 0.2) is 5.43 Å². The summed E-state index contributed by atoms with van der Waals surface area (Å²) in [6, 6.07) is 18.1. The molecule has 3 aromatic rings. The number of fused-ring (bicyclic) bond motifs is 1. The third-order valence-corrected chi connectivity index (χ3v) is 3.76. The first-order valence-corrected chi connectivity index (χ1v) is 7.45. The van der Waals surface area contributed by atoms with Gasteiger partial charge in [0, 0.05) is 17.1 Å². The van der Waals surface area contributed by atoms with E-state index in [-0.39, 0.29) is 5.43 Å². The van der Waals surface area contributed by atoms with Crippen molar-refractivity contribution in [1.82, 2.24) is 4.98 Å². The minimum absolute atomic E-state index is 0.113. The lowest BCUT2D eigenvalue weighted by molar-refractivity contribution is 0.887. The van der Waals surface area contributed by atoms with Gasteiger partial charge in [0.1, 0.15) is 0 Å². The fourth-order valence-electron chi connectivity index (χ4n) is 2.75. The highest BCUT2D eigenvalue weighted by atomic mass is 16.1. The van der Waals surface area contributed by atoms with E-state index in [0.29, 0.717) is 0 Å². The van der Waals surface area contributed by atoms with Crippen LogP contribution in [-0.4, -0.2) is 4.98 Å². The number of hydrogen-bond donors (Lipinski definition) is 1. The van der Waals surface area contributed by atoms with Gasteiger partial charge < -0.3 is 4.98 Å². The van der Waals surface area contributed by atoms with Crippen LogP contribution in [0.1, 0.15) is 30.2 Å². The molecule has 2 aromatic carbocycles. The summed E-state index contributed by atoms with van der Waals surface area (Å²) in [7, 11) is 0. The van der Waals surface area contributed by atoms with E-state index in [2.05, 4.69) is 30.1 Å². The Labute approximate surface area is 124 Å². The molecule has 0 saturated carbocycles. The van der Waals surface area contributed by atoms with Gasteiger partial charge >= 0.3 is 0 Å². The molecule has 0 aliphatic carbocycles. The van der Waals surface area contributed by atoms with Crippen molar-refractivity contribution in [3.05, 3.63) is 81.6 Å². The predicted molar refractivity (Wildman–Crippen MR) is 87.8 cm³/mol. The number of nitrogens with one attached hydrogen (secondary N) is 1. The van der Waals surface area contributed by atoms with Crippen LogP contribution in [0.25, 0.3) is 10.9 Å². The van der Waals surface area contributed by atoms with E-state index in [1.165, 1.54) is 11.1 Å². The molecule has 0 aliphatic rings. The molecule has 1 heterocycles.